The van der Waals surface area contributed by atoms with Gasteiger partial charge >= 0.3 is 0 Å². The summed E-state index contributed by atoms with van der Waals surface area (Å²) in [5.41, 5.74) is 5.07. The van der Waals surface area contributed by atoms with Crippen molar-refractivity contribution in [2.24, 2.45) is 0 Å². The Morgan fingerprint density at radius 3 is 2.88 bits per heavy atom. The molecule has 2 amide bonds. The number of benzene rings is 1. The van der Waals surface area contributed by atoms with Crippen LogP contribution in [0.3, 0.4) is 0 Å². The maximum Gasteiger partial charge on any atom is 0.290 e. The molecule has 1 atom stereocenters. The molecule has 2 aliphatic rings. The Bertz CT molecular complexity index is 821. The second-order valence-electron chi connectivity index (χ2n) is 5.47. The summed E-state index contributed by atoms with van der Waals surface area (Å²) < 4.78 is 5.48. The van der Waals surface area contributed by atoms with Gasteiger partial charge in [-0.1, -0.05) is 0 Å². The average Bonchev–Trinajstić information content (AvgIpc) is 3.11. The summed E-state index contributed by atoms with van der Waals surface area (Å²) in [5.74, 6) is 0.397. The van der Waals surface area contributed by atoms with E-state index in [4.69, 9.17) is 14.6 Å². The molecule has 9 heteroatoms. The quantitative estimate of drug-likeness (QED) is 0.748. The molecule has 1 aromatic carbocycles. The van der Waals surface area contributed by atoms with Crippen LogP contribution in [-0.4, -0.2) is 42.0 Å². The van der Waals surface area contributed by atoms with E-state index in [-0.39, 0.29) is 30.8 Å². The third-order valence-electron chi connectivity index (χ3n) is 4.07. The summed E-state index contributed by atoms with van der Waals surface area (Å²) in [5, 5.41) is 11.7. The van der Waals surface area contributed by atoms with Crippen LogP contribution < -0.4 is 15.0 Å². The van der Waals surface area contributed by atoms with Crippen LogP contribution >= 0.6 is 11.3 Å². The van der Waals surface area contributed by atoms with Gasteiger partial charge in [0.15, 0.2) is 6.61 Å². The number of amides is 2. The van der Waals surface area contributed by atoms with Crippen LogP contribution in [0.15, 0.2) is 23.0 Å². The van der Waals surface area contributed by atoms with Crippen LogP contribution in [0.5, 0.6) is 5.75 Å². The van der Waals surface area contributed by atoms with Gasteiger partial charge in [0.25, 0.3) is 12.4 Å². The Balaban J connectivity index is 0.000000569. The number of rotatable bonds is 1. The van der Waals surface area contributed by atoms with E-state index in [2.05, 4.69) is 10.3 Å². The molecule has 0 aliphatic carbocycles. The second-order valence-corrected chi connectivity index (χ2v) is 6.19. The molecular weight excluding hydrogens is 346 g/mol. The zero-order chi connectivity index (χ0) is 18.0. The van der Waals surface area contributed by atoms with Crippen molar-refractivity contribution in [2.75, 3.05) is 23.9 Å². The van der Waals surface area contributed by atoms with E-state index in [1.54, 1.807) is 23.5 Å². The van der Waals surface area contributed by atoms with Crippen LogP contribution in [-0.2, 0) is 14.4 Å². The van der Waals surface area contributed by atoms with E-state index in [9.17, 15) is 9.59 Å². The first kappa shape index (κ1) is 16.9. The highest BCUT2D eigenvalue weighted by atomic mass is 32.1. The standard InChI is InChI=1S/C15H13N3O3S.CH2O2/c1-18-12-2-8-9(11-6-22-7-16-11)3-14(19)17-10(8)4-13(12)21-5-15(18)20;2-1-3/h2,4,6-7,9H,3,5H2,1H3,(H,17,19);1H,(H,2,3). The third-order valence-corrected chi connectivity index (χ3v) is 4.67. The Labute approximate surface area is 147 Å². The Kier molecular flexibility index (Phi) is 4.66. The van der Waals surface area contributed by atoms with Crippen LogP contribution in [0.2, 0.25) is 0 Å². The smallest absolute Gasteiger partial charge is 0.290 e. The first-order valence-electron chi connectivity index (χ1n) is 7.38. The van der Waals surface area contributed by atoms with Gasteiger partial charge in [-0.05, 0) is 11.6 Å². The van der Waals surface area contributed by atoms with Gasteiger partial charge in [-0.15, -0.1) is 11.3 Å². The van der Waals surface area contributed by atoms with Gasteiger partial charge in [-0.25, -0.2) is 4.98 Å². The van der Waals surface area contributed by atoms with E-state index in [1.807, 2.05) is 11.4 Å². The summed E-state index contributed by atoms with van der Waals surface area (Å²) >= 11 is 1.51. The first-order chi connectivity index (χ1) is 12.0. The number of carbonyl (C=O) groups is 3. The molecule has 1 aromatic heterocycles. The van der Waals surface area contributed by atoms with E-state index >= 15 is 0 Å². The molecule has 2 N–H and O–H groups in total. The zero-order valence-electron chi connectivity index (χ0n) is 13.3. The molecule has 2 aliphatic heterocycles. The van der Waals surface area contributed by atoms with Gasteiger partial charge in [-0.3, -0.25) is 14.4 Å². The van der Waals surface area contributed by atoms with Crippen molar-refractivity contribution in [3.63, 3.8) is 0 Å². The molecular formula is C16H15N3O5S. The summed E-state index contributed by atoms with van der Waals surface area (Å²) in [6, 6.07) is 3.72. The molecule has 0 fully saturated rings. The number of hydrogen-bond acceptors (Lipinski definition) is 6. The number of nitrogens with one attached hydrogen (secondary N) is 1. The van der Waals surface area contributed by atoms with E-state index in [0.29, 0.717) is 12.2 Å². The molecule has 0 saturated carbocycles. The molecule has 0 saturated heterocycles. The Morgan fingerprint density at radius 2 is 2.20 bits per heavy atom. The highest BCUT2D eigenvalue weighted by molar-refractivity contribution is 7.07. The van der Waals surface area contributed by atoms with Crippen molar-refractivity contribution in [2.45, 2.75) is 12.3 Å². The van der Waals surface area contributed by atoms with E-state index < -0.39 is 0 Å². The van der Waals surface area contributed by atoms with Crippen molar-refractivity contribution in [3.8, 4) is 5.75 Å². The zero-order valence-corrected chi connectivity index (χ0v) is 14.1. The van der Waals surface area contributed by atoms with Crippen molar-refractivity contribution in [1.29, 1.82) is 0 Å². The number of aromatic nitrogens is 1. The fraction of sp³-hybridized carbons (Fsp3) is 0.250. The molecule has 0 spiro atoms. The number of ether oxygens (including phenoxy) is 1. The van der Waals surface area contributed by atoms with Gasteiger partial charge in [-0.2, -0.15) is 0 Å². The maximum atomic E-state index is 12.0. The fourth-order valence-corrected chi connectivity index (χ4v) is 3.49. The highest BCUT2D eigenvalue weighted by Gasteiger charge is 2.32. The van der Waals surface area contributed by atoms with Gasteiger partial charge in [0.2, 0.25) is 5.91 Å². The predicted molar refractivity (Wildman–Crippen MR) is 91.2 cm³/mol. The number of likely N-dealkylation sites (N-methyl/N-ethyl adjacent to an activating group) is 1. The maximum absolute atomic E-state index is 12.0. The van der Waals surface area contributed by atoms with Gasteiger partial charge < -0.3 is 20.1 Å². The summed E-state index contributed by atoms with van der Waals surface area (Å²) in [6.07, 6.45) is 0.355. The molecule has 0 radical (unpaired) electrons. The lowest BCUT2D eigenvalue weighted by molar-refractivity contribution is -0.123. The van der Waals surface area contributed by atoms with Crippen molar-refractivity contribution in [1.82, 2.24) is 4.98 Å². The number of carbonyl (C=O) groups excluding carboxylic acids is 2. The van der Waals surface area contributed by atoms with Crippen LogP contribution in [0, 0.1) is 0 Å². The van der Waals surface area contributed by atoms with Crippen LogP contribution in [0.4, 0.5) is 11.4 Å². The SMILES string of the molecule is CN1C(=O)COc2cc3c(cc21)C(c1cscn1)CC(=O)N3.O=CO. The lowest BCUT2D eigenvalue weighted by atomic mass is 9.87. The molecule has 8 nitrogen and oxygen atoms in total. The van der Waals surface area contributed by atoms with Gasteiger partial charge in [0.1, 0.15) is 5.75 Å². The molecule has 4 rings (SSSR count). The minimum Gasteiger partial charge on any atom is -0.483 e. The predicted octanol–water partition coefficient (Wildman–Crippen LogP) is 1.67. The summed E-state index contributed by atoms with van der Waals surface area (Å²) in [6.45, 7) is -0.230. The average molecular weight is 361 g/mol. The lowest BCUT2D eigenvalue weighted by Gasteiger charge is -2.31. The monoisotopic (exact) mass is 361 g/mol. The summed E-state index contributed by atoms with van der Waals surface area (Å²) in [7, 11) is 1.73. The number of hydrogen-bond donors (Lipinski definition) is 2. The topological polar surface area (TPSA) is 109 Å². The van der Waals surface area contributed by atoms with Gasteiger partial charge in [0, 0.05) is 36.5 Å². The number of fused-ring (bicyclic) bond motifs is 2. The highest BCUT2D eigenvalue weighted by Crippen LogP contribution is 2.43. The van der Waals surface area contributed by atoms with Crippen LogP contribution in [0.1, 0.15) is 23.6 Å². The number of nitrogens with zero attached hydrogens (tertiary/aromatic N) is 2. The second kappa shape index (κ2) is 6.89. The molecule has 130 valence electrons. The van der Waals surface area contributed by atoms with Crippen LogP contribution in [0.25, 0.3) is 0 Å². The van der Waals surface area contributed by atoms with Crippen molar-refractivity contribution < 1.29 is 24.2 Å². The molecule has 2 aromatic rings. The molecule has 25 heavy (non-hydrogen) atoms. The van der Waals surface area contributed by atoms with E-state index in [1.165, 1.54) is 11.3 Å². The minimum absolute atomic E-state index is 0.0196. The van der Waals surface area contributed by atoms with Crippen molar-refractivity contribution >= 4 is 41.0 Å². The first-order valence-corrected chi connectivity index (χ1v) is 8.32. The molecule has 1 unspecified atom stereocenters. The number of thiazole rings is 1. The number of carboxylic acid groups (broad SMARTS) is 1. The number of anilines is 2. The fourth-order valence-electron chi connectivity index (χ4n) is 2.88. The lowest BCUT2D eigenvalue weighted by Crippen LogP contribution is -2.36. The van der Waals surface area contributed by atoms with Gasteiger partial charge in [0.05, 0.1) is 16.9 Å². The minimum atomic E-state index is -0.250. The molecule has 0 bridgehead atoms. The molecule has 3 heterocycles. The van der Waals surface area contributed by atoms with Crippen molar-refractivity contribution in [3.05, 3.63) is 34.3 Å². The third kappa shape index (κ3) is 3.18. The summed E-state index contributed by atoms with van der Waals surface area (Å²) in [4.78, 5) is 38.1. The normalized spacial score (nSPS) is 18.1. The Hall–Kier alpha value is -2.94. The van der Waals surface area contributed by atoms with E-state index in [0.717, 1.165) is 22.6 Å². The largest absolute Gasteiger partial charge is 0.483 e. The Morgan fingerprint density at radius 1 is 1.44 bits per heavy atom.